The molecule has 2 heterocycles. The van der Waals surface area contributed by atoms with Crippen molar-refractivity contribution in [2.75, 3.05) is 45.9 Å². The second-order valence-corrected chi connectivity index (χ2v) is 7.72. The Morgan fingerprint density at radius 2 is 1.83 bits per heavy atom. The zero-order chi connectivity index (χ0) is 20.1. The number of fused-ring (bicyclic) bond motifs is 1. The van der Waals surface area contributed by atoms with E-state index in [2.05, 4.69) is 34.1 Å². The van der Waals surface area contributed by atoms with E-state index >= 15 is 0 Å². The summed E-state index contributed by atoms with van der Waals surface area (Å²) in [7, 11) is 0. The molecular weight excluding hydrogens is 366 g/mol. The molecule has 1 saturated heterocycles. The Kier molecular flexibility index (Phi) is 6.30. The highest BCUT2D eigenvalue weighted by Gasteiger charge is 2.20. The lowest BCUT2D eigenvalue weighted by molar-refractivity contribution is 0.0446. The predicted molar refractivity (Wildman–Crippen MR) is 110 cm³/mol. The van der Waals surface area contributed by atoms with E-state index in [4.69, 9.17) is 14.7 Å². The minimum Gasteiger partial charge on any atom is -0.493 e. The molecule has 1 N–H and O–H groups in total. The first-order valence-electron chi connectivity index (χ1n) is 10.2. The van der Waals surface area contributed by atoms with Gasteiger partial charge in [0.2, 0.25) is 0 Å². The first-order valence-corrected chi connectivity index (χ1v) is 10.2. The van der Waals surface area contributed by atoms with Gasteiger partial charge < -0.3 is 14.6 Å². The van der Waals surface area contributed by atoms with Crippen molar-refractivity contribution in [1.82, 2.24) is 9.80 Å². The summed E-state index contributed by atoms with van der Waals surface area (Å²) in [5.74, 6) is 1.71. The molecule has 0 aliphatic carbocycles. The van der Waals surface area contributed by atoms with Crippen molar-refractivity contribution in [3.8, 4) is 17.6 Å². The van der Waals surface area contributed by atoms with Gasteiger partial charge in [0.1, 0.15) is 24.2 Å². The Labute approximate surface area is 171 Å². The number of nitrogens with zero attached hydrogens (tertiary/aromatic N) is 3. The van der Waals surface area contributed by atoms with E-state index < -0.39 is 6.10 Å². The van der Waals surface area contributed by atoms with Crippen LogP contribution in [0.5, 0.6) is 11.5 Å². The summed E-state index contributed by atoms with van der Waals surface area (Å²) in [5, 5.41) is 19.1. The van der Waals surface area contributed by atoms with Crippen molar-refractivity contribution in [3.63, 3.8) is 0 Å². The fraction of sp³-hybridized carbons (Fsp3) is 0.435. The van der Waals surface area contributed by atoms with Gasteiger partial charge in [-0.1, -0.05) is 12.1 Å². The van der Waals surface area contributed by atoms with Gasteiger partial charge in [0.15, 0.2) is 0 Å². The first-order chi connectivity index (χ1) is 14.2. The van der Waals surface area contributed by atoms with Crippen molar-refractivity contribution in [2.24, 2.45) is 0 Å². The monoisotopic (exact) mass is 393 g/mol. The number of β-amino-alcohol motifs (C(OH)–C–C–N with tert-alkyl or cyclic N) is 1. The molecule has 2 aromatic carbocycles. The Morgan fingerprint density at radius 1 is 1.07 bits per heavy atom. The molecule has 4 rings (SSSR count). The van der Waals surface area contributed by atoms with Crippen LogP contribution in [0.15, 0.2) is 42.5 Å². The van der Waals surface area contributed by atoms with Crippen LogP contribution < -0.4 is 9.47 Å². The molecule has 1 atom stereocenters. The number of hydrogen-bond acceptors (Lipinski definition) is 6. The second kappa shape index (κ2) is 9.27. The maximum atomic E-state index is 10.3. The fourth-order valence-corrected chi connectivity index (χ4v) is 3.90. The van der Waals surface area contributed by atoms with Crippen LogP contribution in [-0.4, -0.2) is 66.9 Å². The first kappa shape index (κ1) is 19.7. The van der Waals surface area contributed by atoms with Gasteiger partial charge >= 0.3 is 0 Å². The SMILES string of the molecule is N#Cc1ccc(OCC(O)CN2CCN(Cc3ccc4c(c3)CCO4)CC2)cc1. The molecule has 152 valence electrons. The number of benzene rings is 2. The molecule has 6 heteroatoms. The minimum absolute atomic E-state index is 0.253. The van der Waals surface area contributed by atoms with Crippen LogP contribution in [0.3, 0.4) is 0 Å². The van der Waals surface area contributed by atoms with Gasteiger partial charge in [-0.25, -0.2) is 0 Å². The third-order valence-electron chi connectivity index (χ3n) is 5.52. The molecule has 0 amide bonds. The van der Waals surface area contributed by atoms with Crippen molar-refractivity contribution in [2.45, 2.75) is 19.1 Å². The third-order valence-corrected chi connectivity index (χ3v) is 5.52. The highest BCUT2D eigenvalue weighted by molar-refractivity contribution is 5.39. The van der Waals surface area contributed by atoms with Crippen LogP contribution in [0.1, 0.15) is 16.7 Å². The number of ether oxygens (including phenoxy) is 2. The highest BCUT2D eigenvalue weighted by Crippen LogP contribution is 2.26. The van der Waals surface area contributed by atoms with E-state index in [0.29, 0.717) is 17.9 Å². The Hall–Kier alpha value is -2.59. The van der Waals surface area contributed by atoms with Gasteiger partial charge in [0.05, 0.1) is 18.2 Å². The van der Waals surface area contributed by atoms with E-state index in [1.54, 1.807) is 24.3 Å². The normalized spacial score (nSPS) is 17.9. The molecule has 1 unspecified atom stereocenters. The zero-order valence-electron chi connectivity index (χ0n) is 16.6. The van der Waals surface area contributed by atoms with Gasteiger partial charge in [-0.15, -0.1) is 0 Å². The lowest BCUT2D eigenvalue weighted by Gasteiger charge is -2.35. The average Bonchev–Trinajstić information content (AvgIpc) is 3.22. The molecule has 0 spiro atoms. The second-order valence-electron chi connectivity index (χ2n) is 7.72. The molecule has 29 heavy (non-hydrogen) atoms. The minimum atomic E-state index is -0.533. The Bertz CT molecular complexity index is 855. The van der Waals surface area contributed by atoms with Crippen molar-refractivity contribution in [3.05, 3.63) is 59.2 Å². The largest absolute Gasteiger partial charge is 0.493 e. The molecule has 0 radical (unpaired) electrons. The lowest BCUT2D eigenvalue weighted by Crippen LogP contribution is -2.48. The van der Waals surface area contributed by atoms with Gasteiger partial charge in [0.25, 0.3) is 0 Å². The number of rotatable bonds is 7. The zero-order valence-corrected chi connectivity index (χ0v) is 16.6. The molecule has 2 aliphatic heterocycles. The van der Waals surface area contributed by atoms with E-state index in [1.807, 2.05) is 0 Å². The average molecular weight is 393 g/mol. The summed E-state index contributed by atoms with van der Waals surface area (Å²) in [6.45, 7) is 6.52. The van der Waals surface area contributed by atoms with Gasteiger partial charge in [-0.05, 0) is 41.5 Å². The number of aliphatic hydroxyl groups excluding tert-OH is 1. The van der Waals surface area contributed by atoms with Crippen molar-refractivity contribution < 1.29 is 14.6 Å². The van der Waals surface area contributed by atoms with Gasteiger partial charge in [0, 0.05) is 45.7 Å². The summed E-state index contributed by atoms with van der Waals surface area (Å²) >= 11 is 0. The van der Waals surface area contributed by atoms with Crippen LogP contribution >= 0.6 is 0 Å². The smallest absolute Gasteiger partial charge is 0.122 e. The maximum Gasteiger partial charge on any atom is 0.122 e. The fourth-order valence-electron chi connectivity index (χ4n) is 3.90. The van der Waals surface area contributed by atoms with Crippen LogP contribution in [0.2, 0.25) is 0 Å². The lowest BCUT2D eigenvalue weighted by atomic mass is 10.1. The molecular formula is C23H27N3O3. The summed E-state index contributed by atoms with van der Waals surface area (Å²) in [5.41, 5.74) is 3.27. The Balaban J connectivity index is 1.18. The summed E-state index contributed by atoms with van der Waals surface area (Å²) in [4.78, 5) is 4.76. The summed E-state index contributed by atoms with van der Waals surface area (Å²) in [6.07, 6.45) is 0.480. The van der Waals surface area contributed by atoms with E-state index in [1.165, 1.54) is 11.1 Å². The predicted octanol–water partition coefficient (Wildman–Crippen LogP) is 2.05. The highest BCUT2D eigenvalue weighted by atomic mass is 16.5. The van der Waals surface area contributed by atoms with Crippen LogP contribution in [0, 0.1) is 11.3 Å². The number of hydrogen-bond donors (Lipinski definition) is 1. The molecule has 1 fully saturated rings. The summed E-state index contributed by atoms with van der Waals surface area (Å²) in [6, 6.07) is 15.6. The molecule has 0 bridgehead atoms. The topological polar surface area (TPSA) is 69.0 Å². The standard InChI is InChI=1S/C23H27N3O3/c24-14-18-1-4-22(5-2-18)29-17-21(27)16-26-10-8-25(9-11-26)15-19-3-6-23-20(13-19)7-12-28-23/h1-6,13,21,27H,7-12,15-17H2. The Morgan fingerprint density at radius 3 is 2.59 bits per heavy atom. The van der Waals surface area contributed by atoms with Crippen molar-refractivity contribution in [1.29, 1.82) is 5.26 Å². The van der Waals surface area contributed by atoms with Gasteiger partial charge in [-0.3, -0.25) is 9.80 Å². The number of nitriles is 1. The van der Waals surface area contributed by atoms with Gasteiger partial charge in [-0.2, -0.15) is 5.26 Å². The van der Waals surface area contributed by atoms with E-state index in [9.17, 15) is 5.11 Å². The molecule has 6 nitrogen and oxygen atoms in total. The maximum absolute atomic E-state index is 10.3. The number of aliphatic hydroxyl groups is 1. The van der Waals surface area contributed by atoms with Crippen LogP contribution in [0.25, 0.3) is 0 Å². The quantitative estimate of drug-likeness (QED) is 0.777. The third kappa shape index (κ3) is 5.27. The molecule has 2 aromatic rings. The van der Waals surface area contributed by atoms with Crippen LogP contribution in [0.4, 0.5) is 0 Å². The summed E-state index contributed by atoms with van der Waals surface area (Å²) < 4.78 is 11.2. The molecule has 2 aliphatic rings. The van der Waals surface area contributed by atoms with Crippen molar-refractivity contribution >= 4 is 0 Å². The van der Waals surface area contributed by atoms with Crippen LogP contribution in [-0.2, 0) is 13.0 Å². The molecule has 0 aromatic heterocycles. The molecule has 0 saturated carbocycles. The van der Waals surface area contributed by atoms with E-state index in [-0.39, 0.29) is 6.61 Å². The van der Waals surface area contributed by atoms with E-state index in [0.717, 1.165) is 51.5 Å². The number of piperazine rings is 1.